The summed E-state index contributed by atoms with van der Waals surface area (Å²) in [6, 6.07) is 0. The fourth-order valence-corrected chi connectivity index (χ4v) is 2.46. The number of nitrogen functional groups attached to an aromatic ring is 1. The highest BCUT2D eigenvalue weighted by Crippen LogP contribution is 2.27. The van der Waals surface area contributed by atoms with Gasteiger partial charge in [-0.2, -0.15) is 4.98 Å². The third-order valence-electron chi connectivity index (χ3n) is 3.41. The van der Waals surface area contributed by atoms with Crippen LogP contribution in [-0.2, 0) is 4.74 Å². The van der Waals surface area contributed by atoms with Crippen LogP contribution in [0.5, 0.6) is 0 Å². The fourth-order valence-electron chi connectivity index (χ4n) is 2.25. The molecule has 1 fully saturated rings. The Morgan fingerprint density at radius 3 is 2.68 bits per heavy atom. The molecule has 0 aliphatic carbocycles. The van der Waals surface area contributed by atoms with Gasteiger partial charge in [0, 0.05) is 39.6 Å². The Labute approximate surface area is 117 Å². The maximum Gasteiger partial charge on any atom is 0.224 e. The van der Waals surface area contributed by atoms with Gasteiger partial charge >= 0.3 is 0 Å². The zero-order chi connectivity index (χ0) is 14.0. The molecule has 0 saturated carbocycles. The van der Waals surface area contributed by atoms with Gasteiger partial charge in [-0.1, -0.05) is 0 Å². The van der Waals surface area contributed by atoms with Crippen LogP contribution >= 0.6 is 11.6 Å². The van der Waals surface area contributed by atoms with E-state index in [9.17, 15) is 5.11 Å². The molecule has 1 aliphatic heterocycles. The quantitative estimate of drug-likeness (QED) is 0.807. The van der Waals surface area contributed by atoms with Crippen LogP contribution in [-0.4, -0.2) is 47.5 Å². The predicted octanol–water partition coefficient (Wildman–Crippen LogP) is 0.998. The van der Waals surface area contributed by atoms with E-state index in [4.69, 9.17) is 22.1 Å². The van der Waals surface area contributed by atoms with Gasteiger partial charge in [-0.3, -0.25) is 0 Å². The Morgan fingerprint density at radius 1 is 1.42 bits per heavy atom. The molecule has 1 aromatic rings. The summed E-state index contributed by atoms with van der Waals surface area (Å²) >= 11 is 5.86. The first-order chi connectivity index (χ1) is 8.91. The Balaban J connectivity index is 2.17. The van der Waals surface area contributed by atoms with E-state index in [-0.39, 0.29) is 5.28 Å². The number of aromatic nitrogens is 2. The molecule has 106 valence electrons. The molecule has 0 spiro atoms. The normalized spacial score (nSPS) is 18.3. The van der Waals surface area contributed by atoms with Crippen LogP contribution in [0.25, 0.3) is 0 Å². The van der Waals surface area contributed by atoms with Gasteiger partial charge < -0.3 is 20.5 Å². The first kappa shape index (κ1) is 14.3. The summed E-state index contributed by atoms with van der Waals surface area (Å²) < 4.78 is 5.26. The number of hydrogen-bond donors (Lipinski definition) is 2. The van der Waals surface area contributed by atoms with Crippen LogP contribution in [0.4, 0.5) is 11.5 Å². The van der Waals surface area contributed by atoms with E-state index in [2.05, 4.69) is 9.97 Å². The summed E-state index contributed by atoms with van der Waals surface area (Å²) in [4.78, 5) is 9.96. The zero-order valence-electron chi connectivity index (χ0n) is 11.2. The lowest BCUT2D eigenvalue weighted by Gasteiger charge is -2.36. The molecule has 3 N–H and O–H groups in total. The third-order valence-corrected chi connectivity index (χ3v) is 3.57. The number of anilines is 2. The van der Waals surface area contributed by atoms with E-state index in [0.717, 1.165) is 0 Å². The number of nitrogens with zero attached hydrogens (tertiary/aromatic N) is 3. The summed E-state index contributed by atoms with van der Waals surface area (Å²) in [6.45, 7) is 3.36. The summed E-state index contributed by atoms with van der Waals surface area (Å²) in [5.41, 5.74) is 6.32. The topological polar surface area (TPSA) is 84.5 Å². The molecule has 1 aliphatic rings. The van der Waals surface area contributed by atoms with Crippen molar-refractivity contribution in [3.05, 3.63) is 11.0 Å². The molecule has 0 bridgehead atoms. The smallest absolute Gasteiger partial charge is 0.224 e. The lowest BCUT2D eigenvalue weighted by Crippen LogP contribution is -2.46. The number of likely N-dealkylation sites (N-methyl/N-ethyl adjacent to an activating group) is 1. The van der Waals surface area contributed by atoms with Gasteiger partial charge in [-0.25, -0.2) is 4.98 Å². The monoisotopic (exact) mass is 286 g/mol. The van der Waals surface area contributed by atoms with Crippen molar-refractivity contribution in [2.24, 2.45) is 0 Å². The Morgan fingerprint density at radius 2 is 2.05 bits per heavy atom. The van der Waals surface area contributed by atoms with E-state index in [1.165, 1.54) is 0 Å². The van der Waals surface area contributed by atoms with Crippen molar-refractivity contribution in [2.45, 2.75) is 25.4 Å². The lowest BCUT2D eigenvalue weighted by atomic mass is 9.94. The molecule has 7 heteroatoms. The van der Waals surface area contributed by atoms with E-state index in [0.29, 0.717) is 49.8 Å². The molecular weight excluding hydrogens is 268 g/mol. The van der Waals surface area contributed by atoms with Gasteiger partial charge in [0.2, 0.25) is 5.28 Å². The number of hydrogen-bond acceptors (Lipinski definition) is 6. The number of nitrogens with two attached hydrogens (primary N) is 1. The number of halogens is 1. The van der Waals surface area contributed by atoms with Gasteiger partial charge in [-0.05, 0) is 18.5 Å². The SMILES string of the molecule is Cc1nc(Cl)nc(N(C)CC2(O)CCOCC2)c1N. The molecule has 6 nitrogen and oxygen atoms in total. The van der Waals surface area contributed by atoms with E-state index in [1.807, 2.05) is 11.9 Å². The van der Waals surface area contributed by atoms with Crippen LogP contribution in [0.15, 0.2) is 0 Å². The van der Waals surface area contributed by atoms with E-state index >= 15 is 0 Å². The Kier molecular flexibility index (Phi) is 4.13. The fraction of sp³-hybridized carbons (Fsp3) is 0.667. The highest BCUT2D eigenvalue weighted by Gasteiger charge is 2.32. The standard InChI is InChI=1S/C12H19ClN4O2/c1-8-9(14)10(16-11(13)15-8)17(2)7-12(18)3-5-19-6-4-12/h18H,3-7,14H2,1-2H3. The van der Waals surface area contributed by atoms with Crippen LogP contribution in [0, 0.1) is 6.92 Å². The predicted molar refractivity (Wildman–Crippen MR) is 74.5 cm³/mol. The Hall–Kier alpha value is -1.11. The minimum atomic E-state index is -0.773. The summed E-state index contributed by atoms with van der Waals surface area (Å²) in [5, 5.41) is 10.7. The highest BCUT2D eigenvalue weighted by molar-refractivity contribution is 6.28. The van der Waals surface area contributed by atoms with E-state index < -0.39 is 5.60 Å². The van der Waals surface area contributed by atoms with Crippen molar-refractivity contribution in [1.82, 2.24) is 9.97 Å². The minimum Gasteiger partial charge on any atom is -0.394 e. The first-order valence-electron chi connectivity index (χ1n) is 6.22. The maximum atomic E-state index is 10.5. The second-order valence-electron chi connectivity index (χ2n) is 5.01. The first-order valence-corrected chi connectivity index (χ1v) is 6.60. The van der Waals surface area contributed by atoms with Crippen LogP contribution < -0.4 is 10.6 Å². The number of ether oxygens (including phenoxy) is 1. The van der Waals surface area contributed by atoms with Crippen molar-refractivity contribution in [3.8, 4) is 0 Å². The molecule has 0 amide bonds. The molecule has 0 radical (unpaired) electrons. The molecule has 0 aromatic carbocycles. The average molecular weight is 287 g/mol. The minimum absolute atomic E-state index is 0.160. The molecule has 1 saturated heterocycles. The molecular formula is C12H19ClN4O2. The largest absolute Gasteiger partial charge is 0.394 e. The average Bonchev–Trinajstić information content (AvgIpc) is 2.34. The summed E-state index contributed by atoms with van der Waals surface area (Å²) in [5.74, 6) is 0.553. The van der Waals surface area contributed by atoms with Crippen molar-refractivity contribution in [1.29, 1.82) is 0 Å². The molecule has 1 aromatic heterocycles. The van der Waals surface area contributed by atoms with Gasteiger partial charge in [0.15, 0.2) is 5.82 Å². The van der Waals surface area contributed by atoms with Crippen LogP contribution in [0.3, 0.4) is 0 Å². The van der Waals surface area contributed by atoms with Crippen molar-refractivity contribution in [2.75, 3.05) is 37.4 Å². The van der Waals surface area contributed by atoms with E-state index in [1.54, 1.807) is 6.92 Å². The van der Waals surface area contributed by atoms with Crippen molar-refractivity contribution < 1.29 is 9.84 Å². The van der Waals surface area contributed by atoms with Crippen molar-refractivity contribution >= 4 is 23.1 Å². The van der Waals surface area contributed by atoms with Gasteiger partial charge in [0.1, 0.15) is 0 Å². The second kappa shape index (κ2) is 5.48. The van der Waals surface area contributed by atoms with Crippen molar-refractivity contribution in [3.63, 3.8) is 0 Å². The molecule has 2 heterocycles. The maximum absolute atomic E-state index is 10.5. The molecule has 2 rings (SSSR count). The third kappa shape index (κ3) is 3.26. The molecule has 0 atom stereocenters. The van der Waals surface area contributed by atoms with Gasteiger partial charge in [0.25, 0.3) is 0 Å². The second-order valence-corrected chi connectivity index (χ2v) is 5.35. The molecule has 0 unspecified atom stereocenters. The molecule has 19 heavy (non-hydrogen) atoms. The van der Waals surface area contributed by atoms with Crippen LogP contribution in [0.1, 0.15) is 18.5 Å². The number of aryl methyl sites for hydroxylation is 1. The lowest BCUT2D eigenvalue weighted by molar-refractivity contribution is -0.0573. The Bertz CT molecular complexity index is 463. The highest BCUT2D eigenvalue weighted by atomic mass is 35.5. The summed E-state index contributed by atoms with van der Waals surface area (Å²) in [7, 11) is 1.84. The van der Waals surface area contributed by atoms with Gasteiger partial charge in [0.05, 0.1) is 17.0 Å². The zero-order valence-corrected chi connectivity index (χ0v) is 11.9. The number of rotatable bonds is 3. The number of aliphatic hydroxyl groups is 1. The van der Waals surface area contributed by atoms with Crippen LogP contribution in [0.2, 0.25) is 5.28 Å². The summed E-state index contributed by atoms with van der Waals surface area (Å²) in [6.07, 6.45) is 1.21. The van der Waals surface area contributed by atoms with Gasteiger partial charge in [-0.15, -0.1) is 0 Å².